The molecule has 2 heterocycles. The van der Waals surface area contributed by atoms with E-state index in [9.17, 15) is 9.59 Å². The van der Waals surface area contributed by atoms with E-state index in [1.54, 1.807) is 11.9 Å². The van der Waals surface area contributed by atoms with E-state index < -0.39 is 10.8 Å². The van der Waals surface area contributed by atoms with Crippen molar-refractivity contribution in [3.63, 3.8) is 0 Å². The highest BCUT2D eigenvalue weighted by atomic mass is 32.1. The highest BCUT2D eigenvalue weighted by Crippen LogP contribution is 2.37. The van der Waals surface area contributed by atoms with Crippen molar-refractivity contribution in [1.29, 1.82) is 0 Å². The van der Waals surface area contributed by atoms with Crippen LogP contribution < -0.4 is 11.1 Å². The first kappa shape index (κ1) is 16.2. The van der Waals surface area contributed by atoms with Crippen LogP contribution in [0.5, 0.6) is 0 Å². The van der Waals surface area contributed by atoms with Gasteiger partial charge in [-0.05, 0) is 26.2 Å². The molecule has 0 aromatic heterocycles. The van der Waals surface area contributed by atoms with E-state index in [4.69, 9.17) is 22.7 Å². The van der Waals surface area contributed by atoms with Crippen molar-refractivity contribution < 1.29 is 14.3 Å². The molecule has 2 aliphatic rings. The van der Waals surface area contributed by atoms with Crippen molar-refractivity contribution in [2.24, 2.45) is 16.6 Å². The minimum absolute atomic E-state index is 0.0332. The summed E-state index contributed by atoms with van der Waals surface area (Å²) in [6, 6.07) is 0. The van der Waals surface area contributed by atoms with Gasteiger partial charge < -0.3 is 20.7 Å². The van der Waals surface area contributed by atoms with E-state index in [2.05, 4.69) is 5.32 Å². The lowest BCUT2D eigenvalue weighted by atomic mass is 9.78. The molecule has 2 amide bonds. The number of rotatable bonds is 3. The quantitative estimate of drug-likeness (QED) is 0.720. The number of thiocarbonyl (C=S) groups is 1. The number of ether oxygens (including phenoxy) is 1. The zero-order chi connectivity index (χ0) is 15.7. The number of hydrogen-bond donors (Lipinski definition) is 2. The Morgan fingerprint density at radius 2 is 1.90 bits per heavy atom. The van der Waals surface area contributed by atoms with Crippen LogP contribution in [0.4, 0.5) is 0 Å². The maximum atomic E-state index is 12.9. The lowest BCUT2D eigenvalue weighted by molar-refractivity contribution is -0.142. The van der Waals surface area contributed by atoms with Crippen molar-refractivity contribution >= 4 is 29.0 Å². The van der Waals surface area contributed by atoms with Gasteiger partial charge in [-0.25, -0.2) is 0 Å². The second-order valence-electron chi connectivity index (χ2n) is 6.18. The van der Waals surface area contributed by atoms with Gasteiger partial charge in [-0.2, -0.15) is 0 Å². The molecule has 7 heteroatoms. The SMILES string of the molecule is CNC(=O)C1(C)CCN(C(=O)C2(C(N)=S)CCOCC2)C1. The fraction of sp³-hybridized carbons (Fsp3) is 0.786. The molecule has 0 aromatic rings. The molecule has 0 radical (unpaired) electrons. The molecule has 118 valence electrons. The first-order valence-electron chi connectivity index (χ1n) is 7.25. The summed E-state index contributed by atoms with van der Waals surface area (Å²) >= 11 is 5.17. The zero-order valence-electron chi connectivity index (χ0n) is 12.6. The Hall–Kier alpha value is -1.21. The van der Waals surface area contributed by atoms with Crippen LogP contribution in [0.15, 0.2) is 0 Å². The van der Waals surface area contributed by atoms with Crippen LogP contribution in [0.25, 0.3) is 0 Å². The van der Waals surface area contributed by atoms with Gasteiger partial charge >= 0.3 is 0 Å². The molecular formula is C14H23N3O3S. The Morgan fingerprint density at radius 1 is 1.29 bits per heavy atom. The average Bonchev–Trinajstić information content (AvgIpc) is 2.89. The normalized spacial score (nSPS) is 28.2. The van der Waals surface area contributed by atoms with Gasteiger partial charge in [0, 0.05) is 33.4 Å². The molecule has 0 bridgehead atoms. The molecule has 0 aliphatic carbocycles. The van der Waals surface area contributed by atoms with Gasteiger partial charge in [0.2, 0.25) is 11.8 Å². The smallest absolute Gasteiger partial charge is 0.235 e. The van der Waals surface area contributed by atoms with Crippen LogP contribution in [-0.4, -0.2) is 55.1 Å². The van der Waals surface area contributed by atoms with Crippen molar-refractivity contribution in [1.82, 2.24) is 10.2 Å². The molecule has 2 fully saturated rings. The summed E-state index contributed by atoms with van der Waals surface area (Å²) in [7, 11) is 1.62. The summed E-state index contributed by atoms with van der Waals surface area (Å²) < 4.78 is 5.33. The molecular weight excluding hydrogens is 290 g/mol. The number of hydrogen-bond acceptors (Lipinski definition) is 4. The van der Waals surface area contributed by atoms with E-state index in [0.29, 0.717) is 45.6 Å². The van der Waals surface area contributed by atoms with Crippen LogP contribution in [-0.2, 0) is 14.3 Å². The first-order valence-corrected chi connectivity index (χ1v) is 7.66. The minimum Gasteiger partial charge on any atom is -0.392 e. The van der Waals surface area contributed by atoms with Gasteiger partial charge in [-0.15, -0.1) is 0 Å². The maximum Gasteiger partial charge on any atom is 0.235 e. The summed E-state index contributed by atoms with van der Waals surface area (Å²) in [6.07, 6.45) is 1.70. The Bertz CT molecular complexity index is 462. The number of carbonyl (C=O) groups is 2. The lowest BCUT2D eigenvalue weighted by Gasteiger charge is -2.38. The van der Waals surface area contributed by atoms with Gasteiger partial charge in [0.15, 0.2) is 0 Å². The summed E-state index contributed by atoms with van der Waals surface area (Å²) in [5.74, 6) is -0.0833. The Morgan fingerprint density at radius 3 is 2.43 bits per heavy atom. The van der Waals surface area contributed by atoms with Crippen molar-refractivity contribution in [3.05, 3.63) is 0 Å². The van der Waals surface area contributed by atoms with E-state index >= 15 is 0 Å². The van der Waals surface area contributed by atoms with Crippen LogP contribution in [0.3, 0.4) is 0 Å². The van der Waals surface area contributed by atoms with Crippen LogP contribution in [0.2, 0.25) is 0 Å². The number of nitrogens with one attached hydrogen (secondary N) is 1. The molecule has 6 nitrogen and oxygen atoms in total. The summed E-state index contributed by atoms with van der Waals surface area (Å²) in [5.41, 5.74) is 4.53. The van der Waals surface area contributed by atoms with Gasteiger partial charge in [-0.3, -0.25) is 9.59 Å². The number of likely N-dealkylation sites (tertiary alicyclic amines) is 1. The van der Waals surface area contributed by atoms with E-state index in [0.717, 1.165) is 0 Å². The molecule has 0 aromatic carbocycles. The van der Waals surface area contributed by atoms with Gasteiger partial charge in [0.25, 0.3) is 0 Å². The lowest BCUT2D eigenvalue weighted by Crippen LogP contribution is -2.53. The molecule has 0 saturated carbocycles. The summed E-state index contributed by atoms with van der Waals surface area (Å²) in [6.45, 7) is 3.84. The van der Waals surface area contributed by atoms with Crippen molar-refractivity contribution in [2.75, 3.05) is 33.4 Å². The Labute approximate surface area is 130 Å². The molecule has 21 heavy (non-hydrogen) atoms. The minimum atomic E-state index is -0.804. The molecule has 1 atom stereocenters. The number of carbonyl (C=O) groups excluding carboxylic acids is 2. The second kappa shape index (κ2) is 5.88. The van der Waals surface area contributed by atoms with Crippen LogP contribution in [0, 0.1) is 10.8 Å². The Balaban J connectivity index is 2.16. The van der Waals surface area contributed by atoms with E-state index in [1.807, 2.05) is 6.92 Å². The Kier molecular flexibility index (Phi) is 4.53. The molecule has 2 rings (SSSR count). The molecule has 3 N–H and O–H groups in total. The number of nitrogens with two attached hydrogens (primary N) is 1. The van der Waals surface area contributed by atoms with Crippen LogP contribution >= 0.6 is 12.2 Å². The second-order valence-corrected chi connectivity index (χ2v) is 6.62. The predicted octanol–water partition coefficient (Wildman–Crippen LogP) is 0.0539. The molecule has 2 saturated heterocycles. The summed E-state index contributed by atoms with van der Waals surface area (Å²) in [5, 5.41) is 2.67. The number of nitrogens with zero attached hydrogens (tertiary/aromatic N) is 1. The third kappa shape index (κ3) is 2.76. The molecule has 0 spiro atoms. The fourth-order valence-corrected chi connectivity index (χ4v) is 3.50. The third-order valence-corrected chi connectivity index (χ3v) is 5.15. The van der Waals surface area contributed by atoms with Gasteiger partial charge in [0.05, 0.1) is 10.4 Å². The van der Waals surface area contributed by atoms with Gasteiger partial charge in [-0.1, -0.05) is 12.2 Å². The first-order chi connectivity index (χ1) is 9.85. The fourth-order valence-electron chi connectivity index (χ4n) is 3.21. The maximum absolute atomic E-state index is 12.9. The van der Waals surface area contributed by atoms with Gasteiger partial charge in [0.1, 0.15) is 5.41 Å². The highest BCUT2D eigenvalue weighted by molar-refractivity contribution is 7.80. The predicted molar refractivity (Wildman–Crippen MR) is 82.6 cm³/mol. The van der Waals surface area contributed by atoms with Crippen LogP contribution in [0.1, 0.15) is 26.2 Å². The van der Waals surface area contributed by atoms with E-state index in [1.165, 1.54) is 0 Å². The third-order valence-electron chi connectivity index (χ3n) is 4.76. The molecule has 1 unspecified atom stereocenters. The highest BCUT2D eigenvalue weighted by Gasteiger charge is 2.49. The zero-order valence-corrected chi connectivity index (χ0v) is 13.4. The average molecular weight is 313 g/mol. The molecule has 2 aliphatic heterocycles. The van der Waals surface area contributed by atoms with Crippen molar-refractivity contribution in [2.45, 2.75) is 26.2 Å². The monoisotopic (exact) mass is 313 g/mol. The topological polar surface area (TPSA) is 84.7 Å². The number of amides is 2. The van der Waals surface area contributed by atoms with E-state index in [-0.39, 0.29) is 16.8 Å². The van der Waals surface area contributed by atoms with Crippen molar-refractivity contribution in [3.8, 4) is 0 Å². The standard InChI is InChI=1S/C14H23N3O3S/c1-13(11(18)16-2)3-6-17(9-13)12(19)14(10(15)21)4-7-20-8-5-14/h3-9H2,1-2H3,(H2,15,21)(H,16,18). The summed E-state index contributed by atoms with van der Waals surface area (Å²) in [4.78, 5) is 26.9. The largest absolute Gasteiger partial charge is 0.392 e.